The smallest absolute Gasteiger partial charge is 0.181 e. The van der Waals surface area contributed by atoms with Crippen LogP contribution in [0.25, 0.3) is 0 Å². The molecule has 0 saturated carbocycles. The predicted molar refractivity (Wildman–Crippen MR) is 69.9 cm³/mol. The predicted octanol–water partition coefficient (Wildman–Crippen LogP) is 4.54. The fourth-order valence-corrected chi connectivity index (χ4v) is 1.92. The van der Waals surface area contributed by atoms with Crippen molar-refractivity contribution < 1.29 is 8.78 Å². The summed E-state index contributed by atoms with van der Waals surface area (Å²) in [5.41, 5.74) is 2.15. The van der Waals surface area contributed by atoms with E-state index in [0.717, 1.165) is 17.2 Å². The highest BCUT2D eigenvalue weighted by molar-refractivity contribution is 6.30. The molecular formula is C14H12ClF2N. The zero-order chi connectivity index (χ0) is 13.1. The Labute approximate surface area is 109 Å². The van der Waals surface area contributed by atoms with Crippen molar-refractivity contribution in [1.82, 2.24) is 0 Å². The molecule has 0 unspecified atom stereocenters. The molecule has 18 heavy (non-hydrogen) atoms. The molecule has 0 radical (unpaired) electrons. The van der Waals surface area contributed by atoms with Gasteiger partial charge in [0.15, 0.2) is 11.6 Å². The van der Waals surface area contributed by atoms with Crippen LogP contribution in [-0.2, 0) is 6.54 Å². The number of benzene rings is 2. The molecular weight excluding hydrogens is 256 g/mol. The lowest BCUT2D eigenvalue weighted by atomic mass is 10.1. The number of aryl methyl sites for hydroxylation is 1. The minimum absolute atomic E-state index is 0.157. The van der Waals surface area contributed by atoms with Crippen LogP contribution >= 0.6 is 11.6 Å². The molecule has 94 valence electrons. The molecule has 0 aliphatic rings. The second-order valence-electron chi connectivity index (χ2n) is 4.03. The van der Waals surface area contributed by atoms with Gasteiger partial charge in [0.1, 0.15) is 0 Å². The summed E-state index contributed by atoms with van der Waals surface area (Å²) >= 11 is 5.85. The first-order valence-electron chi connectivity index (χ1n) is 5.51. The maximum absolute atomic E-state index is 13.4. The summed E-state index contributed by atoms with van der Waals surface area (Å²) in [4.78, 5) is 0. The minimum Gasteiger partial charge on any atom is -0.379 e. The molecule has 0 saturated heterocycles. The maximum Gasteiger partial charge on any atom is 0.181 e. The van der Waals surface area contributed by atoms with Gasteiger partial charge in [-0.25, -0.2) is 8.78 Å². The van der Waals surface area contributed by atoms with Crippen molar-refractivity contribution in [3.8, 4) is 0 Å². The van der Waals surface area contributed by atoms with Crippen LogP contribution in [0.2, 0.25) is 5.02 Å². The quantitative estimate of drug-likeness (QED) is 0.861. The van der Waals surface area contributed by atoms with Crippen LogP contribution in [-0.4, -0.2) is 0 Å². The number of anilines is 1. The molecule has 0 fully saturated rings. The summed E-state index contributed by atoms with van der Waals surface area (Å²) in [6.07, 6.45) is 0. The van der Waals surface area contributed by atoms with Gasteiger partial charge in [-0.2, -0.15) is 0 Å². The van der Waals surface area contributed by atoms with Crippen LogP contribution < -0.4 is 5.32 Å². The average Bonchev–Trinajstić information content (AvgIpc) is 2.33. The number of hydrogen-bond acceptors (Lipinski definition) is 1. The molecule has 4 heteroatoms. The third-order valence-electron chi connectivity index (χ3n) is 2.73. The Morgan fingerprint density at radius 1 is 1.17 bits per heavy atom. The largest absolute Gasteiger partial charge is 0.379 e. The Morgan fingerprint density at radius 2 is 1.94 bits per heavy atom. The fourth-order valence-electron chi connectivity index (χ4n) is 1.69. The summed E-state index contributed by atoms with van der Waals surface area (Å²) in [7, 11) is 0. The van der Waals surface area contributed by atoms with E-state index in [9.17, 15) is 8.78 Å². The number of rotatable bonds is 3. The zero-order valence-electron chi connectivity index (χ0n) is 9.81. The van der Waals surface area contributed by atoms with Gasteiger partial charge in [-0.15, -0.1) is 0 Å². The highest BCUT2D eigenvalue weighted by atomic mass is 35.5. The lowest BCUT2D eigenvalue weighted by molar-refractivity contribution is 0.511. The van der Waals surface area contributed by atoms with Crippen LogP contribution in [0, 0.1) is 18.6 Å². The monoisotopic (exact) mass is 267 g/mol. The Morgan fingerprint density at radius 3 is 2.67 bits per heavy atom. The van der Waals surface area contributed by atoms with Crippen molar-refractivity contribution in [2.45, 2.75) is 13.5 Å². The first-order valence-corrected chi connectivity index (χ1v) is 5.88. The lowest BCUT2D eigenvalue weighted by Gasteiger charge is -2.10. The van der Waals surface area contributed by atoms with Gasteiger partial charge in [-0.1, -0.05) is 23.7 Å². The Bertz CT molecular complexity index is 570. The van der Waals surface area contributed by atoms with Gasteiger partial charge in [0.2, 0.25) is 0 Å². The topological polar surface area (TPSA) is 12.0 Å². The Kier molecular flexibility index (Phi) is 3.82. The van der Waals surface area contributed by atoms with Crippen molar-refractivity contribution in [1.29, 1.82) is 0 Å². The molecule has 0 aromatic heterocycles. The SMILES string of the molecule is Cc1cc(Cl)ccc1CNc1cccc(F)c1F. The van der Waals surface area contributed by atoms with E-state index < -0.39 is 11.6 Å². The standard InChI is InChI=1S/C14H12ClF2N/c1-9-7-11(15)6-5-10(9)8-18-13-4-2-3-12(16)14(13)17/h2-7,18H,8H2,1H3. The molecule has 1 N–H and O–H groups in total. The molecule has 2 rings (SSSR count). The average molecular weight is 268 g/mol. The van der Waals surface area contributed by atoms with Crippen LogP contribution in [0.3, 0.4) is 0 Å². The van der Waals surface area contributed by atoms with Gasteiger partial charge in [-0.05, 0) is 42.3 Å². The third kappa shape index (κ3) is 2.79. The van der Waals surface area contributed by atoms with Gasteiger partial charge in [0, 0.05) is 11.6 Å². The first kappa shape index (κ1) is 12.8. The lowest BCUT2D eigenvalue weighted by Crippen LogP contribution is -2.04. The van der Waals surface area contributed by atoms with E-state index >= 15 is 0 Å². The number of halogens is 3. The van der Waals surface area contributed by atoms with E-state index in [1.807, 2.05) is 19.1 Å². The summed E-state index contributed by atoms with van der Waals surface area (Å²) in [6.45, 7) is 2.34. The highest BCUT2D eigenvalue weighted by Gasteiger charge is 2.07. The molecule has 2 aromatic carbocycles. The van der Waals surface area contributed by atoms with E-state index in [1.54, 1.807) is 6.07 Å². The summed E-state index contributed by atoms with van der Waals surface area (Å²) < 4.78 is 26.4. The van der Waals surface area contributed by atoms with Gasteiger partial charge >= 0.3 is 0 Å². The molecule has 0 aliphatic heterocycles. The minimum atomic E-state index is -0.857. The summed E-state index contributed by atoms with van der Waals surface area (Å²) in [5.74, 6) is -1.71. The Balaban J connectivity index is 2.14. The van der Waals surface area contributed by atoms with E-state index in [0.29, 0.717) is 11.6 Å². The van der Waals surface area contributed by atoms with Crippen molar-refractivity contribution in [3.05, 3.63) is 64.2 Å². The second-order valence-corrected chi connectivity index (χ2v) is 4.46. The van der Waals surface area contributed by atoms with E-state index in [1.165, 1.54) is 12.1 Å². The van der Waals surface area contributed by atoms with Crippen LogP contribution in [0.1, 0.15) is 11.1 Å². The Hall–Kier alpha value is -1.61. The summed E-state index contributed by atoms with van der Waals surface area (Å²) in [5, 5.41) is 3.53. The van der Waals surface area contributed by atoms with Crippen molar-refractivity contribution in [2.24, 2.45) is 0 Å². The molecule has 0 spiro atoms. The number of hydrogen-bond donors (Lipinski definition) is 1. The van der Waals surface area contributed by atoms with Gasteiger partial charge in [0.05, 0.1) is 5.69 Å². The second kappa shape index (κ2) is 5.36. The highest BCUT2D eigenvalue weighted by Crippen LogP contribution is 2.19. The molecule has 2 aromatic rings. The van der Waals surface area contributed by atoms with Crippen molar-refractivity contribution >= 4 is 17.3 Å². The zero-order valence-corrected chi connectivity index (χ0v) is 10.6. The maximum atomic E-state index is 13.4. The molecule has 0 aliphatic carbocycles. The molecule has 1 nitrogen and oxygen atoms in total. The summed E-state index contributed by atoms with van der Waals surface area (Å²) in [6, 6.07) is 9.53. The van der Waals surface area contributed by atoms with Crippen molar-refractivity contribution in [3.63, 3.8) is 0 Å². The third-order valence-corrected chi connectivity index (χ3v) is 2.96. The first-order chi connectivity index (χ1) is 8.58. The van der Waals surface area contributed by atoms with Crippen LogP contribution in [0.5, 0.6) is 0 Å². The van der Waals surface area contributed by atoms with Crippen LogP contribution in [0.4, 0.5) is 14.5 Å². The van der Waals surface area contributed by atoms with Gasteiger partial charge < -0.3 is 5.32 Å². The van der Waals surface area contributed by atoms with Gasteiger partial charge in [-0.3, -0.25) is 0 Å². The van der Waals surface area contributed by atoms with Gasteiger partial charge in [0.25, 0.3) is 0 Å². The normalized spacial score (nSPS) is 10.4. The molecule has 0 atom stereocenters. The van der Waals surface area contributed by atoms with Crippen LogP contribution in [0.15, 0.2) is 36.4 Å². The fraction of sp³-hybridized carbons (Fsp3) is 0.143. The molecule has 0 amide bonds. The van der Waals surface area contributed by atoms with E-state index in [2.05, 4.69) is 5.32 Å². The molecule has 0 bridgehead atoms. The molecule has 0 heterocycles. The number of nitrogens with one attached hydrogen (secondary N) is 1. The van der Waals surface area contributed by atoms with Crippen molar-refractivity contribution in [2.75, 3.05) is 5.32 Å². The van der Waals surface area contributed by atoms with E-state index in [4.69, 9.17) is 11.6 Å². The van der Waals surface area contributed by atoms with E-state index in [-0.39, 0.29) is 5.69 Å².